The van der Waals surface area contributed by atoms with Crippen molar-refractivity contribution in [2.24, 2.45) is 5.73 Å². The number of carbonyl (C=O) groups excluding carboxylic acids is 1. The number of rotatable bonds is 5. The first-order valence-electron chi connectivity index (χ1n) is 6.57. The Kier molecular flexibility index (Phi) is 4.53. The number of aromatic nitrogens is 1. The lowest BCUT2D eigenvalue weighted by Crippen LogP contribution is -2.33. The summed E-state index contributed by atoms with van der Waals surface area (Å²) in [5.41, 5.74) is 7.45. The second-order valence-corrected chi connectivity index (χ2v) is 4.67. The van der Waals surface area contributed by atoms with Gasteiger partial charge in [0.2, 0.25) is 11.8 Å². The molecule has 5 nitrogen and oxygen atoms in total. The van der Waals surface area contributed by atoms with Crippen LogP contribution in [0.4, 0.5) is 0 Å². The fourth-order valence-electron chi connectivity index (χ4n) is 1.98. The van der Waals surface area contributed by atoms with Crippen LogP contribution in [0.1, 0.15) is 28.8 Å². The van der Waals surface area contributed by atoms with E-state index in [4.69, 9.17) is 10.2 Å². The van der Waals surface area contributed by atoms with Crippen LogP contribution in [0.5, 0.6) is 0 Å². The number of nitrogens with one attached hydrogen (secondary N) is 1. The van der Waals surface area contributed by atoms with E-state index in [1.807, 2.05) is 44.2 Å². The number of aryl methyl sites for hydroxylation is 2. The van der Waals surface area contributed by atoms with Crippen molar-refractivity contribution >= 4 is 5.91 Å². The summed E-state index contributed by atoms with van der Waals surface area (Å²) in [6, 6.07) is 9.50. The Bertz CT molecular complexity index is 559. The van der Waals surface area contributed by atoms with Gasteiger partial charge in [-0.2, -0.15) is 0 Å². The van der Waals surface area contributed by atoms with Crippen LogP contribution in [0, 0.1) is 13.8 Å². The van der Waals surface area contributed by atoms with Gasteiger partial charge in [-0.3, -0.25) is 4.79 Å². The molecule has 0 spiro atoms. The maximum absolute atomic E-state index is 12.2. The molecule has 0 fully saturated rings. The van der Waals surface area contributed by atoms with E-state index in [1.165, 1.54) is 0 Å². The maximum atomic E-state index is 12.2. The van der Waals surface area contributed by atoms with Crippen molar-refractivity contribution in [3.8, 4) is 0 Å². The van der Waals surface area contributed by atoms with Gasteiger partial charge in [-0.1, -0.05) is 30.3 Å². The standard InChI is InChI=1S/C15H19N3O2/c1-10-11(2)20-14(18-10)9-17-15(19)13(8-16)12-6-4-3-5-7-12/h3-7,13H,8-9,16H2,1-2H3,(H,17,19). The fourth-order valence-corrected chi connectivity index (χ4v) is 1.98. The van der Waals surface area contributed by atoms with Gasteiger partial charge in [0.05, 0.1) is 18.2 Å². The van der Waals surface area contributed by atoms with Gasteiger partial charge in [0.15, 0.2) is 0 Å². The third kappa shape index (κ3) is 3.24. The number of oxazole rings is 1. The summed E-state index contributed by atoms with van der Waals surface area (Å²) in [5, 5.41) is 2.81. The fraction of sp³-hybridized carbons (Fsp3) is 0.333. The molecule has 1 aromatic carbocycles. The van der Waals surface area contributed by atoms with Gasteiger partial charge in [-0.15, -0.1) is 0 Å². The van der Waals surface area contributed by atoms with Gasteiger partial charge >= 0.3 is 0 Å². The number of hydrogen-bond acceptors (Lipinski definition) is 4. The molecule has 3 N–H and O–H groups in total. The minimum Gasteiger partial charge on any atom is -0.444 e. The predicted octanol–water partition coefficient (Wildman–Crippen LogP) is 1.65. The summed E-state index contributed by atoms with van der Waals surface area (Å²) in [7, 11) is 0. The maximum Gasteiger partial charge on any atom is 0.229 e. The molecule has 1 aromatic heterocycles. The van der Waals surface area contributed by atoms with E-state index in [0.29, 0.717) is 5.89 Å². The molecule has 106 valence electrons. The highest BCUT2D eigenvalue weighted by atomic mass is 16.4. The summed E-state index contributed by atoms with van der Waals surface area (Å²) in [4.78, 5) is 16.4. The molecule has 20 heavy (non-hydrogen) atoms. The molecule has 0 saturated carbocycles. The van der Waals surface area contributed by atoms with E-state index in [0.717, 1.165) is 17.0 Å². The lowest BCUT2D eigenvalue weighted by molar-refractivity contribution is -0.122. The Morgan fingerprint density at radius 1 is 1.35 bits per heavy atom. The van der Waals surface area contributed by atoms with Crippen LogP contribution in [-0.2, 0) is 11.3 Å². The average molecular weight is 273 g/mol. The van der Waals surface area contributed by atoms with Crippen molar-refractivity contribution in [1.29, 1.82) is 0 Å². The Balaban J connectivity index is 2.00. The molecule has 0 radical (unpaired) electrons. The van der Waals surface area contributed by atoms with Crippen LogP contribution in [0.15, 0.2) is 34.7 Å². The van der Waals surface area contributed by atoms with Crippen LogP contribution in [-0.4, -0.2) is 17.4 Å². The van der Waals surface area contributed by atoms with Crippen molar-refractivity contribution in [2.45, 2.75) is 26.3 Å². The SMILES string of the molecule is Cc1nc(CNC(=O)C(CN)c2ccccc2)oc1C. The highest BCUT2D eigenvalue weighted by Crippen LogP contribution is 2.14. The van der Waals surface area contributed by atoms with E-state index in [-0.39, 0.29) is 24.9 Å². The highest BCUT2D eigenvalue weighted by Gasteiger charge is 2.19. The molecule has 1 atom stereocenters. The third-order valence-electron chi connectivity index (χ3n) is 3.24. The minimum atomic E-state index is -0.353. The topological polar surface area (TPSA) is 81.2 Å². The summed E-state index contributed by atoms with van der Waals surface area (Å²) in [6.45, 7) is 4.26. The Morgan fingerprint density at radius 3 is 2.60 bits per heavy atom. The molecular formula is C15H19N3O2. The molecule has 0 aliphatic heterocycles. The smallest absolute Gasteiger partial charge is 0.229 e. The number of nitrogens with zero attached hydrogens (tertiary/aromatic N) is 1. The molecule has 0 saturated heterocycles. The molecular weight excluding hydrogens is 254 g/mol. The highest BCUT2D eigenvalue weighted by molar-refractivity contribution is 5.83. The van der Waals surface area contributed by atoms with Crippen molar-refractivity contribution in [3.63, 3.8) is 0 Å². The van der Waals surface area contributed by atoms with Crippen molar-refractivity contribution < 1.29 is 9.21 Å². The molecule has 1 heterocycles. The first-order chi connectivity index (χ1) is 9.61. The minimum absolute atomic E-state index is 0.118. The first-order valence-corrected chi connectivity index (χ1v) is 6.57. The van der Waals surface area contributed by atoms with Crippen LogP contribution in [0.25, 0.3) is 0 Å². The van der Waals surface area contributed by atoms with E-state index >= 15 is 0 Å². The zero-order valence-corrected chi connectivity index (χ0v) is 11.7. The van der Waals surface area contributed by atoms with Gasteiger partial charge in [0.1, 0.15) is 5.76 Å². The van der Waals surface area contributed by atoms with E-state index in [9.17, 15) is 4.79 Å². The lowest BCUT2D eigenvalue weighted by atomic mass is 9.98. The molecule has 2 rings (SSSR count). The Morgan fingerprint density at radius 2 is 2.05 bits per heavy atom. The van der Waals surface area contributed by atoms with E-state index < -0.39 is 0 Å². The Hall–Kier alpha value is -2.14. The monoisotopic (exact) mass is 273 g/mol. The van der Waals surface area contributed by atoms with Crippen molar-refractivity contribution in [2.75, 3.05) is 6.54 Å². The van der Waals surface area contributed by atoms with Crippen LogP contribution in [0.3, 0.4) is 0 Å². The number of amides is 1. The number of benzene rings is 1. The molecule has 2 aromatic rings. The molecule has 1 amide bonds. The van der Waals surface area contributed by atoms with Crippen molar-refractivity contribution in [1.82, 2.24) is 10.3 Å². The Labute approximate surface area is 118 Å². The summed E-state index contributed by atoms with van der Waals surface area (Å²) < 4.78 is 5.43. The summed E-state index contributed by atoms with van der Waals surface area (Å²) in [6.07, 6.45) is 0. The quantitative estimate of drug-likeness (QED) is 0.868. The van der Waals surface area contributed by atoms with Crippen molar-refractivity contribution in [3.05, 3.63) is 53.2 Å². The molecule has 1 unspecified atom stereocenters. The first kappa shape index (κ1) is 14.3. The molecule has 0 aliphatic carbocycles. The van der Waals surface area contributed by atoms with Gasteiger partial charge in [-0.05, 0) is 19.4 Å². The van der Waals surface area contributed by atoms with Gasteiger partial charge in [-0.25, -0.2) is 4.98 Å². The van der Waals surface area contributed by atoms with E-state index in [1.54, 1.807) is 0 Å². The molecule has 0 aliphatic rings. The number of nitrogens with two attached hydrogens (primary N) is 1. The van der Waals surface area contributed by atoms with Crippen LogP contribution < -0.4 is 11.1 Å². The largest absolute Gasteiger partial charge is 0.444 e. The second-order valence-electron chi connectivity index (χ2n) is 4.67. The summed E-state index contributed by atoms with van der Waals surface area (Å²) in [5.74, 6) is 0.811. The zero-order chi connectivity index (χ0) is 14.5. The van der Waals surface area contributed by atoms with Crippen LogP contribution >= 0.6 is 0 Å². The lowest BCUT2D eigenvalue weighted by Gasteiger charge is -2.14. The van der Waals surface area contributed by atoms with Gasteiger partial charge < -0.3 is 15.5 Å². The normalized spacial score (nSPS) is 12.2. The summed E-state index contributed by atoms with van der Waals surface area (Å²) >= 11 is 0. The number of hydrogen-bond donors (Lipinski definition) is 2. The average Bonchev–Trinajstić information content (AvgIpc) is 2.78. The van der Waals surface area contributed by atoms with Crippen LogP contribution in [0.2, 0.25) is 0 Å². The number of carbonyl (C=O) groups is 1. The third-order valence-corrected chi connectivity index (χ3v) is 3.24. The predicted molar refractivity (Wildman–Crippen MR) is 76.1 cm³/mol. The van der Waals surface area contributed by atoms with Gasteiger partial charge in [0.25, 0.3) is 0 Å². The molecule has 5 heteroatoms. The van der Waals surface area contributed by atoms with E-state index in [2.05, 4.69) is 10.3 Å². The molecule has 0 bridgehead atoms. The van der Waals surface area contributed by atoms with Gasteiger partial charge in [0, 0.05) is 6.54 Å². The zero-order valence-electron chi connectivity index (χ0n) is 11.7. The second kappa shape index (κ2) is 6.34.